The third-order valence-corrected chi connectivity index (χ3v) is 6.74. The molecule has 2 rings (SSSR count). The minimum Gasteiger partial charge on any atom is -0.0776 e. The highest BCUT2D eigenvalue weighted by Gasteiger charge is 2.31. The smallest absolute Gasteiger partial charge is 0.0360 e. The van der Waals surface area contributed by atoms with Crippen LogP contribution in [-0.4, -0.2) is 0 Å². The topological polar surface area (TPSA) is 0 Å². The standard InChI is InChI=1S/2C11H22.2CH4/c1-8(2)10-5-6-11(7-10)9(3)4;1-8(2)10-6-5-7-11(10)9(3)4;;/h2*8-11H,5-7H2,1-4H3;2*1H4. The average molecular weight is 341 g/mol. The van der Waals surface area contributed by atoms with Crippen LogP contribution in [0.5, 0.6) is 0 Å². The van der Waals surface area contributed by atoms with Crippen molar-refractivity contribution in [3.63, 3.8) is 0 Å². The lowest BCUT2D eigenvalue weighted by atomic mass is 9.80. The van der Waals surface area contributed by atoms with Crippen molar-refractivity contribution in [2.75, 3.05) is 0 Å². The average Bonchev–Trinajstić information content (AvgIpc) is 3.09. The summed E-state index contributed by atoms with van der Waals surface area (Å²) in [5.74, 6) is 7.75. The lowest BCUT2D eigenvalue weighted by Gasteiger charge is -2.26. The first-order chi connectivity index (χ1) is 10.2. The molecule has 0 saturated heterocycles. The van der Waals surface area contributed by atoms with E-state index < -0.39 is 0 Å². The second-order valence-electron chi connectivity index (χ2n) is 9.57. The molecule has 0 aliphatic heterocycles. The zero-order valence-electron chi connectivity index (χ0n) is 16.9. The lowest BCUT2D eigenvalue weighted by molar-refractivity contribution is 0.235. The van der Waals surface area contributed by atoms with Crippen LogP contribution < -0.4 is 0 Å². The van der Waals surface area contributed by atoms with Gasteiger partial charge in [-0.15, -0.1) is 0 Å². The largest absolute Gasteiger partial charge is 0.0776 e. The van der Waals surface area contributed by atoms with Gasteiger partial charge in [0.05, 0.1) is 0 Å². The third-order valence-electron chi connectivity index (χ3n) is 6.74. The van der Waals surface area contributed by atoms with Crippen LogP contribution in [0.15, 0.2) is 0 Å². The summed E-state index contributed by atoms with van der Waals surface area (Å²) in [6.07, 6.45) is 8.92. The molecule has 4 unspecified atom stereocenters. The normalized spacial score (nSPS) is 29.5. The van der Waals surface area contributed by atoms with E-state index in [9.17, 15) is 0 Å². The summed E-state index contributed by atoms with van der Waals surface area (Å²) >= 11 is 0. The molecule has 0 heterocycles. The Morgan fingerprint density at radius 1 is 0.500 bits per heavy atom. The van der Waals surface area contributed by atoms with E-state index in [2.05, 4.69) is 55.4 Å². The van der Waals surface area contributed by atoms with Crippen LogP contribution in [0.25, 0.3) is 0 Å². The molecule has 0 radical (unpaired) electrons. The van der Waals surface area contributed by atoms with E-state index in [0.717, 1.165) is 47.3 Å². The van der Waals surface area contributed by atoms with Crippen LogP contribution in [0.4, 0.5) is 0 Å². The van der Waals surface area contributed by atoms with Crippen molar-refractivity contribution < 1.29 is 0 Å². The van der Waals surface area contributed by atoms with Gasteiger partial charge in [0, 0.05) is 0 Å². The minimum absolute atomic E-state index is 0. The van der Waals surface area contributed by atoms with Crippen LogP contribution in [0, 0.1) is 47.3 Å². The lowest BCUT2D eigenvalue weighted by Crippen LogP contribution is -2.18. The van der Waals surface area contributed by atoms with Gasteiger partial charge in [-0.05, 0) is 79.4 Å². The molecular formula is C24H52. The summed E-state index contributed by atoms with van der Waals surface area (Å²) in [5.41, 5.74) is 0. The van der Waals surface area contributed by atoms with Crippen LogP contribution in [0.2, 0.25) is 0 Å². The minimum atomic E-state index is 0. The van der Waals surface area contributed by atoms with Gasteiger partial charge in [0.15, 0.2) is 0 Å². The summed E-state index contributed by atoms with van der Waals surface area (Å²) in [7, 11) is 0. The van der Waals surface area contributed by atoms with Crippen molar-refractivity contribution in [2.45, 2.75) is 109 Å². The predicted molar refractivity (Wildman–Crippen MR) is 114 cm³/mol. The highest BCUT2D eigenvalue weighted by atomic mass is 14.4. The van der Waals surface area contributed by atoms with Gasteiger partial charge in [-0.2, -0.15) is 0 Å². The zero-order valence-corrected chi connectivity index (χ0v) is 16.9. The van der Waals surface area contributed by atoms with Gasteiger partial charge in [-0.3, -0.25) is 0 Å². The molecular weight excluding hydrogens is 288 g/mol. The van der Waals surface area contributed by atoms with Crippen molar-refractivity contribution in [3.05, 3.63) is 0 Å². The first kappa shape index (κ1) is 26.2. The maximum atomic E-state index is 2.38. The Morgan fingerprint density at radius 2 is 0.833 bits per heavy atom. The monoisotopic (exact) mass is 340 g/mol. The predicted octanol–water partition coefficient (Wildman–Crippen LogP) is 8.70. The van der Waals surface area contributed by atoms with E-state index in [0.29, 0.717) is 0 Å². The Morgan fingerprint density at radius 3 is 1.04 bits per heavy atom. The van der Waals surface area contributed by atoms with Crippen LogP contribution in [-0.2, 0) is 0 Å². The highest BCUT2D eigenvalue weighted by Crippen LogP contribution is 2.41. The van der Waals surface area contributed by atoms with Crippen LogP contribution >= 0.6 is 0 Å². The Labute approximate surface area is 156 Å². The molecule has 148 valence electrons. The van der Waals surface area contributed by atoms with Crippen LogP contribution in [0.1, 0.15) is 109 Å². The van der Waals surface area contributed by atoms with Gasteiger partial charge in [0.25, 0.3) is 0 Å². The van der Waals surface area contributed by atoms with Gasteiger partial charge in [0.1, 0.15) is 0 Å². The molecule has 2 aliphatic rings. The Hall–Kier alpha value is 0. The van der Waals surface area contributed by atoms with Gasteiger partial charge >= 0.3 is 0 Å². The van der Waals surface area contributed by atoms with E-state index in [1.807, 2.05) is 0 Å². The van der Waals surface area contributed by atoms with Crippen molar-refractivity contribution in [2.24, 2.45) is 47.3 Å². The molecule has 0 aromatic heterocycles. The molecule has 0 aromatic carbocycles. The second kappa shape index (κ2) is 12.4. The number of hydrogen-bond donors (Lipinski definition) is 0. The van der Waals surface area contributed by atoms with Gasteiger partial charge in [0.2, 0.25) is 0 Å². The number of hydrogen-bond acceptors (Lipinski definition) is 0. The second-order valence-corrected chi connectivity index (χ2v) is 9.57. The number of rotatable bonds is 4. The highest BCUT2D eigenvalue weighted by molar-refractivity contribution is 4.81. The molecule has 0 spiro atoms. The molecule has 24 heavy (non-hydrogen) atoms. The summed E-state index contributed by atoms with van der Waals surface area (Å²) in [5, 5.41) is 0. The summed E-state index contributed by atoms with van der Waals surface area (Å²) in [6.45, 7) is 19.0. The summed E-state index contributed by atoms with van der Waals surface area (Å²) in [6, 6.07) is 0. The molecule has 2 fully saturated rings. The van der Waals surface area contributed by atoms with Gasteiger partial charge in [-0.25, -0.2) is 0 Å². The van der Waals surface area contributed by atoms with Crippen LogP contribution in [0.3, 0.4) is 0 Å². The SMILES string of the molecule is C.C.CC(C)C1CCC(C(C)C)C1.CC(C)C1CCCC1C(C)C. The van der Waals surface area contributed by atoms with E-state index in [1.165, 1.54) is 38.5 Å². The molecule has 2 aliphatic carbocycles. The molecule has 0 heteroatoms. The first-order valence-corrected chi connectivity index (χ1v) is 10.2. The Bertz CT molecular complexity index is 258. The third kappa shape index (κ3) is 7.92. The molecule has 0 nitrogen and oxygen atoms in total. The Balaban J connectivity index is 0. The summed E-state index contributed by atoms with van der Waals surface area (Å²) in [4.78, 5) is 0. The quantitative estimate of drug-likeness (QED) is 0.480. The maximum Gasteiger partial charge on any atom is -0.0360 e. The van der Waals surface area contributed by atoms with E-state index >= 15 is 0 Å². The van der Waals surface area contributed by atoms with E-state index in [1.54, 1.807) is 0 Å². The summed E-state index contributed by atoms with van der Waals surface area (Å²) < 4.78 is 0. The molecule has 0 N–H and O–H groups in total. The maximum absolute atomic E-state index is 2.38. The van der Waals surface area contributed by atoms with E-state index in [4.69, 9.17) is 0 Å². The van der Waals surface area contributed by atoms with Gasteiger partial charge < -0.3 is 0 Å². The van der Waals surface area contributed by atoms with Crippen molar-refractivity contribution in [1.29, 1.82) is 0 Å². The Kier molecular flexibility index (Phi) is 13.5. The fraction of sp³-hybridized carbons (Fsp3) is 1.00. The fourth-order valence-corrected chi connectivity index (χ4v) is 4.94. The van der Waals surface area contributed by atoms with Crippen molar-refractivity contribution in [1.82, 2.24) is 0 Å². The van der Waals surface area contributed by atoms with Crippen molar-refractivity contribution >= 4 is 0 Å². The zero-order chi connectivity index (χ0) is 16.9. The molecule has 0 amide bonds. The van der Waals surface area contributed by atoms with Crippen molar-refractivity contribution in [3.8, 4) is 0 Å². The molecule has 2 saturated carbocycles. The first-order valence-electron chi connectivity index (χ1n) is 10.2. The van der Waals surface area contributed by atoms with E-state index in [-0.39, 0.29) is 14.9 Å². The molecule has 4 atom stereocenters. The van der Waals surface area contributed by atoms with Gasteiger partial charge in [-0.1, -0.05) is 76.7 Å². The molecule has 0 aromatic rings. The fourth-order valence-electron chi connectivity index (χ4n) is 4.94. The molecule has 0 bridgehead atoms.